The van der Waals surface area contributed by atoms with Gasteiger partial charge in [0.1, 0.15) is 0 Å². The number of carbonyl (C=O) groups excluding carboxylic acids is 2. The van der Waals surface area contributed by atoms with E-state index in [1.54, 1.807) is 6.08 Å². The van der Waals surface area contributed by atoms with Crippen LogP contribution in [0.25, 0.3) is 0 Å². The van der Waals surface area contributed by atoms with Crippen molar-refractivity contribution < 1.29 is 24.5 Å². The predicted octanol–water partition coefficient (Wildman–Crippen LogP) is 18.6. The maximum absolute atomic E-state index is 12.4. The van der Waals surface area contributed by atoms with Crippen LogP contribution in [0, 0.1) is 0 Å². The maximum atomic E-state index is 12.4. The second-order valence-electron chi connectivity index (χ2n) is 20.7. The summed E-state index contributed by atoms with van der Waals surface area (Å²) in [6, 6.07) is -0.628. The first-order valence-electron chi connectivity index (χ1n) is 30.1. The fourth-order valence-corrected chi connectivity index (χ4v) is 9.34. The van der Waals surface area contributed by atoms with Crippen LogP contribution in [0.5, 0.6) is 0 Å². The minimum absolute atomic E-state index is 0.0153. The first-order valence-corrected chi connectivity index (χ1v) is 30.1. The predicted molar refractivity (Wildman–Crippen MR) is 292 cm³/mol. The quantitative estimate of drug-likeness (QED) is 0.0321. The summed E-state index contributed by atoms with van der Waals surface area (Å²) in [5, 5.41) is 23.0. The Kier molecular flexibility index (Phi) is 55.5. The highest BCUT2D eigenvalue weighted by molar-refractivity contribution is 5.76. The van der Waals surface area contributed by atoms with Crippen molar-refractivity contribution in [3.8, 4) is 0 Å². The van der Waals surface area contributed by atoms with Crippen molar-refractivity contribution in [1.29, 1.82) is 0 Å². The van der Waals surface area contributed by atoms with E-state index in [0.717, 1.165) is 38.5 Å². The third-order valence-corrected chi connectivity index (χ3v) is 14.0. The molecule has 0 saturated heterocycles. The number of hydrogen-bond acceptors (Lipinski definition) is 5. The summed E-state index contributed by atoms with van der Waals surface area (Å²) in [7, 11) is 0. The van der Waals surface area contributed by atoms with Gasteiger partial charge in [0.05, 0.1) is 25.4 Å². The zero-order valence-corrected chi connectivity index (χ0v) is 45.1. The van der Waals surface area contributed by atoms with Crippen molar-refractivity contribution in [2.24, 2.45) is 0 Å². The SMILES string of the molecule is CCCCCCCCCCC/C=C/C(O)C(CO)NC(=O)CCCCCCCCCCC/C=C\CCCCCCCCCCCCCCOC(=O)CCCCCCCCCCCCCCCC. The zero-order chi connectivity index (χ0) is 48.6. The summed E-state index contributed by atoms with van der Waals surface area (Å²) in [4.78, 5) is 24.5. The lowest BCUT2D eigenvalue weighted by Gasteiger charge is -2.20. The van der Waals surface area contributed by atoms with E-state index >= 15 is 0 Å². The molecule has 0 radical (unpaired) electrons. The number of rotatable bonds is 56. The summed E-state index contributed by atoms with van der Waals surface area (Å²) in [5.41, 5.74) is 0. The molecule has 396 valence electrons. The van der Waals surface area contributed by atoms with Crippen LogP contribution < -0.4 is 5.32 Å². The number of hydrogen-bond donors (Lipinski definition) is 3. The number of esters is 1. The highest BCUT2D eigenvalue weighted by Crippen LogP contribution is 2.17. The fraction of sp³-hybridized carbons (Fsp3) is 0.902. The molecule has 0 spiro atoms. The van der Waals surface area contributed by atoms with Gasteiger partial charge >= 0.3 is 5.97 Å². The minimum Gasteiger partial charge on any atom is -0.466 e. The van der Waals surface area contributed by atoms with Crippen LogP contribution in [0.2, 0.25) is 0 Å². The number of allylic oxidation sites excluding steroid dienone is 3. The average molecular weight is 945 g/mol. The Morgan fingerprint density at radius 2 is 0.701 bits per heavy atom. The van der Waals surface area contributed by atoms with Gasteiger partial charge in [0, 0.05) is 12.8 Å². The van der Waals surface area contributed by atoms with Gasteiger partial charge in [-0.15, -0.1) is 0 Å². The van der Waals surface area contributed by atoms with E-state index in [1.165, 1.54) is 263 Å². The molecule has 1 amide bonds. The van der Waals surface area contributed by atoms with E-state index in [9.17, 15) is 19.8 Å². The van der Waals surface area contributed by atoms with Crippen LogP contribution in [-0.2, 0) is 14.3 Å². The van der Waals surface area contributed by atoms with Crippen LogP contribution in [0.1, 0.15) is 328 Å². The smallest absolute Gasteiger partial charge is 0.305 e. The molecular weight excluding hydrogens is 827 g/mol. The third kappa shape index (κ3) is 53.5. The summed E-state index contributed by atoms with van der Waals surface area (Å²) in [6.07, 6.45) is 69.3. The van der Waals surface area contributed by atoms with Gasteiger partial charge in [-0.05, 0) is 57.8 Å². The van der Waals surface area contributed by atoms with Crippen LogP contribution in [0.4, 0.5) is 0 Å². The molecule has 2 unspecified atom stereocenters. The lowest BCUT2D eigenvalue weighted by Crippen LogP contribution is -2.45. The average Bonchev–Trinajstić information content (AvgIpc) is 3.33. The zero-order valence-electron chi connectivity index (χ0n) is 45.1. The molecule has 6 heteroatoms. The van der Waals surface area contributed by atoms with Gasteiger partial charge in [-0.25, -0.2) is 0 Å². The van der Waals surface area contributed by atoms with Gasteiger partial charge in [0.25, 0.3) is 0 Å². The standard InChI is InChI=1S/C61H117NO5/c1-3-5-7-9-11-13-15-16-31-35-39-43-47-51-55-61(66)67-56-52-48-44-40-36-32-29-27-25-23-21-19-17-18-20-22-24-26-28-30-34-38-42-46-50-54-60(65)62-58(57-63)59(64)53-49-45-41-37-33-14-12-10-8-6-4-2/h18,20,49,53,58-59,63-64H,3-17,19,21-48,50-52,54-57H2,1-2H3,(H,62,65)/b20-18-,53-49+. The van der Waals surface area contributed by atoms with Crippen molar-refractivity contribution in [1.82, 2.24) is 5.32 Å². The molecule has 0 aromatic heterocycles. The van der Waals surface area contributed by atoms with E-state index < -0.39 is 12.1 Å². The van der Waals surface area contributed by atoms with Crippen LogP contribution in [0.15, 0.2) is 24.3 Å². The molecule has 0 aliphatic carbocycles. The van der Waals surface area contributed by atoms with E-state index in [2.05, 4.69) is 31.3 Å². The van der Waals surface area contributed by atoms with Gasteiger partial charge in [-0.3, -0.25) is 9.59 Å². The van der Waals surface area contributed by atoms with Crippen molar-refractivity contribution in [3.63, 3.8) is 0 Å². The highest BCUT2D eigenvalue weighted by Gasteiger charge is 2.18. The Hall–Kier alpha value is -1.66. The summed E-state index contributed by atoms with van der Waals surface area (Å²) >= 11 is 0. The van der Waals surface area contributed by atoms with Gasteiger partial charge in [-0.2, -0.15) is 0 Å². The molecule has 67 heavy (non-hydrogen) atoms. The molecule has 0 rings (SSSR count). The van der Waals surface area contributed by atoms with Crippen molar-refractivity contribution in [2.45, 2.75) is 341 Å². The topological polar surface area (TPSA) is 95.9 Å². The lowest BCUT2D eigenvalue weighted by molar-refractivity contribution is -0.143. The van der Waals surface area contributed by atoms with E-state index in [0.29, 0.717) is 19.4 Å². The summed E-state index contributed by atoms with van der Waals surface area (Å²) < 4.78 is 5.48. The molecule has 0 bridgehead atoms. The summed E-state index contributed by atoms with van der Waals surface area (Å²) in [5.74, 6) is -0.0563. The Morgan fingerprint density at radius 3 is 1.06 bits per heavy atom. The number of aliphatic hydroxyl groups is 2. The Labute approximate surface area is 418 Å². The molecule has 0 aliphatic heterocycles. The van der Waals surface area contributed by atoms with Crippen molar-refractivity contribution in [2.75, 3.05) is 13.2 Å². The van der Waals surface area contributed by atoms with Gasteiger partial charge in [-0.1, -0.05) is 282 Å². The molecule has 0 aromatic rings. The second-order valence-corrected chi connectivity index (χ2v) is 20.7. The molecule has 2 atom stereocenters. The largest absolute Gasteiger partial charge is 0.466 e. The maximum Gasteiger partial charge on any atom is 0.305 e. The first-order chi connectivity index (χ1) is 33.0. The number of nitrogens with one attached hydrogen (secondary N) is 1. The molecule has 0 aromatic carbocycles. The minimum atomic E-state index is -0.844. The van der Waals surface area contributed by atoms with E-state index in [1.807, 2.05) is 6.08 Å². The number of carbonyl (C=O) groups is 2. The second kappa shape index (κ2) is 56.9. The molecule has 0 heterocycles. The van der Waals surface area contributed by atoms with E-state index in [4.69, 9.17) is 4.74 Å². The van der Waals surface area contributed by atoms with Gasteiger partial charge in [0.2, 0.25) is 5.91 Å². The van der Waals surface area contributed by atoms with Crippen LogP contribution >= 0.6 is 0 Å². The fourth-order valence-electron chi connectivity index (χ4n) is 9.34. The molecule has 0 saturated carbocycles. The number of aliphatic hydroxyl groups excluding tert-OH is 2. The number of ether oxygens (including phenoxy) is 1. The van der Waals surface area contributed by atoms with E-state index in [-0.39, 0.29) is 18.5 Å². The number of unbranched alkanes of at least 4 members (excludes halogenated alkanes) is 43. The molecule has 0 fully saturated rings. The molecule has 3 N–H and O–H groups in total. The van der Waals surface area contributed by atoms with Gasteiger partial charge in [0.15, 0.2) is 0 Å². The van der Waals surface area contributed by atoms with Crippen molar-refractivity contribution >= 4 is 11.9 Å². The lowest BCUT2D eigenvalue weighted by atomic mass is 10.0. The number of amides is 1. The van der Waals surface area contributed by atoms with Crippen LogP contribution in [0.3, 0.4) is 0 Å². The Morgan fingerprint density at radius 1 is 0.403 bits per heavy atom. The third-order valence-electron chi connectivity index (χ3n) is 14.0. The Balaban J connectivity index is 3.38. The monoisotopic (exact) mass is 944 g/mol. The Bertz CT molecular complexity index is 1040. The van der Waals surface area contributed by atoms with Crippen LogP contribution in [-0.4, -0.2) is 47.4 Å². The molecule has 6 nitrogen and oxygen atoms in total. The van der Waals surface area contributed by atoms with Gasteiger partial charge < -0.3 is 20.3 Å². The van der Waals surface area contributed by atoms with Crippen molar-refractivity contribution in [3.05, 3.63) is 24.3 Å². The first kappa shape index (κ1) is 65.3. The highest BCUT2D eigenvalue weighted by atomic mass is 16.5. The normalized spacial score (nSPS) is 12.7. The summed E-state index contributed by atoms with van der Waals surface area (Å²) in [6.45, 7) is 4.90. The molecular formula is C61H117NO5. The molecule has 0 aliphatic rings.